The number of hydrogen-bond acceptors (Lipinski definition) is 5. The van der Waals surface area contributed by atoms with Gasteiger partial charge in [0.15, 0.2) is 0 Å². The first kappa shape index (κ1) is 25.9. The van der Waals surface area contributed by atoms with E-state index in [1.54, 1.807) is 6.08 Å². The highest BCUT2D eigenvalue weighted by Gasteiger charge is 2.33. The van der Waals surface area contributed by atoms with Gasteiger partial charge in [-0.15, -0.1) is 0 Å². The number of oxazole rings is 1. The molecule has 7 nitrogen and oxygen atoms in total. The number of carbonyl (C=O) groups is 2. The Hall–Kier alpha value is -4.13. The maximum Gasteiger partial charge on any atom is 0.326 e. The number of carboxylic acid groups (broad SMARTS) is 1. The number of ether oxygens (including phenoxy) is 1. The van der Waals surface area contributed by atoms with Gasteiger partial charge in [0.05, 0.1) is 12.3 Å². The van der Waals surface area contributed by atoms with Gasteiger partial charge in [-0.25, -0.2) is 9.78 Å². The minimum Gasteiger partial charge on any atom is -0.493 e. The minimum atomic E-state index is -0.996. The molecule has 0 aliphatic carbocycles. The van der Waals surface area contributed by atoms with Crippen molar-refractivity contribution in [2.75, 3.05) is 6.61 Å². The first-order valence-corrected chi connectivity index (χ1v) is 12.6. The highest BCUT2D eigenvalue weighted by Crippen LogP contribution is 2.28. The fraction of sp³-hybridized carbons (Fsp3) is 0.300. The zero-order valence-corrected chi connectivity index (χ0v) is 21.2. The molecule has 3 aromatic rings. The monoisotopic (exact) mass is 500 g/mol. The Balaban J connectivity index is 1.38. The minimum absolute atomic E-state index is 0.234. The first-order valence-electron chi connectivity index (χ1n) is 12.6. The second-order valence-corrected chi connectivity index (χ2v) is 9.04. The molecule has 37 heavy (non-hydrogen) atoms. The SMILES string of the molecule is CCC/C=C/C(=O)N1Cc2cc(OCCc3nc(/C=C/c4ccccc4)oc3C)ccc2C[C@H]1C(=O)O. The van der Waals surface area contributed by atoms with Gasteiger partial charge >= 0.3 is 5.97 Å². The summed E-state index contributed by atoms with van der Waals surface area (Å²) >= 11 is 0. The number of unbranched alkanes of at least 4 members (excludes halogenated alkanes) is 1. The molecule has 1 aliphatic rings. The van der Waals surface area contributed by atoms with E-state index in [-0.39, 0.29) is 18.9 Å². The van der Waals surface area contributed by atoms with Crippen LogP contribution in [0.4, 0.5) is 0 Å². The van der Waals surface area contributed by atoms with E-state index >= 15 is 0 Å². The van der Waals surface area contributed by atoms with Crippen molar-refractivity contribution >= 4 is 24.0 Å². The van der Waals surface area contributed by atoms with Crippen molar-refractivity contribution in [3.05, 3.63) is 94.7 Å². The van der Waals surface area contributed by atoms with Crippen LogP contribution in [0.1, 0.15) is 53.8 Å². The largest absolute Gasteiger partial charge is 0.493 e. The molecule has 0 spiro atoms. The van der Waals surface area contributed by atoms with Gasteiger partial charge in [0.1, 0.15) is 17.6 Å². The van der Waals surface area contributed by atoms with Crippen molar-refractivity contribution in [2.45, 2.75) is 52.1 Å². The molecule has 0 bridgehead atoms. The molecule has 0 fully saturated rings. The predicted molar refractivity (Wildman–Crippen MR) is 142 cm³/mol. The van der Waals surface area contributed by atoms with Crippen LogP contribution in [-0.4, -0.2) is 39.5 Å². The molecule has 192 valence electrons. The summed E-state index contributed by atoms with van der Waals surface area (Å²) in [4.78, 5) is 30.5. The van der Waals surface area contributed by atoms with Gasteiger partial charge in [0.2, 0.25) is 11.8 Å². The molecular formula is C30H32N2O5. The van der Waals surface area contributed by atoms with Gasteiger partial charge in [0.25, 0.3) is 0 Å². The lowest BCUT2D eigenvalue weighted by atomic mass is 9.93. The molecule has 1 aliphatic heterocycles. The van der Waals surface area contributed by atoms with Crippen LogP contribution in [0, 0.1) is 6.92 Å². The fourth-order valence-electron chi connectivity index (χ4n) is 4.30. The van der Waals surface area contributed by atoms with E-state index in [9.17, 15) is 14.7 Å². The molecule has 0 saturated heterocycles. The van der Waals surface area contributed by atoms with E-state index in [2.05, 4.69) is 4.98 Å². The van der Waals surface area contributed by atoms with Crippen LogP contribution in [-0.2, 0) is 29.0 Å². The number of rotatable bonds is 10. The Bertz CT molecular complexity index is 1290. The maximum absolute atomic E-state index is 12.7. The Labute approximate surface area is 217 Å². The number of amides is 1. The molecule has 0 unspecified atom stereocenters. The molecule has 0 saturated carbocycles. The van der Waals surface area contributed by atoms with Crippen LogP contribution < -0.4 is 4.74 Å². The van der Waals surface area contributed by atoms with Crippen molar-refractivity contribution in [3.63, 3.8) is 0 Å². The number of carboxylic acids is 1. The third kappa shape index (κ3) is 6.76. The Morgan fingerprint density at radius 3 is 2.73 bits per heavy atom. The molecule has 1 N–H and O–H groups in total. The number of allylic oxidation sites excluding steroid dienone is 1. The Morgan fingerprint density at radius 1 is 1.16 bits per heavy atom. The highest BCUT2D eigenvalue weighted by molar-refractivity contribution is 5.91. The van der Waals surface area contributed by atoms with Crippen molar-refractivity contribution in [3.8, 4) is 5.75 Å². The highest BCUT2D eigenvalue weighted by atomic mass is 16.5. The summed E-state index contributed by atoms with van der Waals surface area (Å²) in [6.07, 6.45) is 9.65. The third-order valence-corrected chi connectivity index (χ3v) is 6.33. The van der Waals surface area contributed by atoms with Crippen LogP contribution in [0.15, 0.2) is 65.1 Å². The number of aliphatic carboxylic acids is 1. The van der Waals surface area contributed by atoms with Crippen LogP contribution in [0.25, 0.3) is 12.2 Å². The lowest BCUT2D eigenvalue weighted by molar-refractivity contribution is -0.149. The van der Waals surface area contributed by atoms with E-state index in [1.807, 2.05) is 74.5 Å². The molecule has 7 heteroatoms. The normalized spacial score (nSPS) is 15.3. The van der Waals surface area contributed by atoms with E-state index < -0.39 is 12.0 Å². The van der Waals surface area contributed by atoms with Crippen molar-refractivity contribution < 1.29 is 23.8 Å². The van der Waals surface area contributed by atoms with Gasteiger partial charge in [0, 0.05) is 25.5 Å². The Kier molecular flexibility index (Phi) is 8.56. The Morgan fingerprint density at radius 2 is 1.97 bits per heavy atom. The third-order valence-electron chi connectivity index (χ3n) is 6.33. The van der Waals surface area contributed by atoms with E-state index in [0.29, 0.717) is 24.7 Å². The first-order chi connectivity index (χ1) is 17.9. The summed E-state index contributed by atoms with van der Waals surface area (Å²) in [6.45, 7) is 4.56. The number of carbonyl (C=O) groups excluding carboxylic acids is 1. The van der Waals surface area contributed by atoms with Gasteiger partial charge < -0.3 is 19.2 Å². The number of fused-ring (bicyclic) bond motifs is 1. The van der Waals surface area contributed by atoms with Gasteiger partial charge in [-0.05, 0) is 54.3 Å². The average molecular weight is 501 g/mol. The van der Waals surface area contributed by atoms with Crippen LogP contribution >= 0.6 is 0 Å². The molecule has 1 amide bonds. The smallest absolute Gasteiger partial charge is 0.326 e. The summed E-state index contributed by atoms with van der Waals surface area (Å²) in [6, 6.07) is 14.7. The molecule has 0 radical (unpaired) electrons. The lowest BCUT2D eigenvalue weighted by Crippen LogP contribution is -2.48. The topological polar surface area (TPSA) is 92.9 Å². The van der Waals surface area contributed by atoms with E-state index in [4.69, 9.17) is 9.15 Å². The summed E-state index contributed by atoms with van der Waals surface area (Å²) < 4.78 is 11.8. The fourth-order valence-corrected chi connectivity index (χ4v) is 4.30. The number of hydrogen-bond donors (Lipinski definition) is 1. The van der Waals surface area contributed by atoms with Crippen molar-refractivity contribution in [1.29, 1.82) is 0 Å². The second-order valence-electron chi connectivity index (χ2n) is 9.04. The van der Waals surface area contributed by atoms with Gasteiger partial charge in [-0.1, -0.05) is 55.8 Å². The van der Waals surface area contributed by atoms with E-state index in [1.165, 1.54) is 11.0 Å². The molecular weight excluding hydrogens is 468 g/mol. The predicted octanol–water partition coefficient (Wildman–Crippen LogP) is 5.47. The molecule has 2 heterocycles. The second kappa shape index (κ2) is 12.2. The number of aryl methyl sites for hydroxylation is 1. The quantitative estimate of drug-likeness (QED) is 0.371. The van der Waals surface area contributed by atoms with Crippen LogP contribution in [0.2, 0.25) is 0 Å². The average Bonchev–Trinajstić information content (AvgIpc) is 3.26. The van der Waals surface area contributed by atoms with Crippen molar-refractivity contribution in [1.82, 2.24) is 9.88 Å². The number of nitrogens with zero attached hydrogens (tertiary/aromatic N) is 2. The maximum atomic E-state index is 12.7. The molecule has 4 rings (SSSR count). The summed E-state index contributed by atoms with van der Waals surface area (Å²) in [5, 5.41) is 9.69. The van der Waals surface area contributed by atoms with Gasteiger partial charge in [-0.3, -0.25) is 4.79 Å². The zero-order chi connectivity index (χ0) is 26.2. The van der Waals surface area contributed by atoms with Gasteiger partial charge in [-0.2, -0.15) is 0 Å². The zero-order valence-electron chi connectivity index (χ0n) is 21.2. The molecule has 1 aromatic heterocycles. The van der Waals surface area contributed by atoms with Crippen LogP contribution in [0.3, 0.4) is 0 Å². The number of aromatic nitrogens is 1. The standard InChI is InChI=1S/C30H32N2O5/c1-3-4-6-11-29(33)32-20-24-18-25(14-13-23(24)19-27(32)30(34)35)36-17-16-26-21(2)37-28(31-26)15-12-22-9-7-5-8-10-22/h5-15,18,27H,3-4,16-17,19-20H2,1-2H3,(H,34,35)/b11-6+,15-12+/t27-/m0/s1. The van der Waals surface area contributed by atoms with Crippen molar-refractivity contribution in [2.24, 2.45) is 0 Å². The van der Waals surface area contributed by atoms with Crippen LogP contribution in [0.5, 0.6) is 5.75 Å². The van der Waals surface area contributed by atoms with E-state index in [0.717, 1.165) is 41.0 Å². The number of benzene rings is 2. The molecule has 2 aromatic carbocycles. The molecule has 1 atom stereocenters. The summed E-state index contributed by atoms with van der Waals surface area (Å²) in [5.74, 6) is 0.704. The lowest BCUT2D eigenvalue weighted by Gasteiger charge is -2.34. The summed E-state index contributed by atoms with van der Waals surface area (Å²) in [5.41, 5.74) is 3.73. The summed E-state index contributed by atoms with van der Waals surface area (Å²) in [7, 11) is 0.